The lowest BCUT2D eigenvalue weighted by Crippen LogP contribution is -2.45. The predicted molar refractivity (Wildman–Crippen MR) is 109 cm³/mol. The van der Waals surface area contributed by atoms with Crippen LogP contribution in [0.5, 0.6) is 0 Å². The lowest BCUT2D eigenvalue weighted by atomic mass is 9.73. The Kier molecular flexibility index (Phi) is 6.08. The average Bonchev–Trinajstić information content (AvgIpc) is 3.23. The van der Waals surface area contributed by atoms with Crippen LogP contribution in [0, 0.1) is 17.0 Å². The maximum Gasteiger partial charge on any atom is 0.313 e. The minimum Gasteiger partial charge on any atom is -0.347 e. The van der Waals surface area contributed by atoms with Gasteiger partial charge in [0.25, 0.3) is 5.69 Å². The molecule has 1 aliphatic rings. The van der Waals surface area contributed by atoms with Crippen molar-refractivity contribution >= 4 is 34.5 Å². The highest BCUT2D eigenvalue weighted by molar-refractivity contribution is 7.10. The molecule has 1 heterocycles. The number of hydrogen-bond acceptors (Lipinski definition) is 5. The first-order valence-electron chi connectivity index (χ1n) is 9.29. The maximum atomic E-state index is 12.4. The summed E-state index contributed by atoms with van der Waals surface area (Å²) in [5.74, 6) is -1.46. The van der Waals surface area contributed by atoms with Crippen LogP contribution in [0.25, 0.3) is 0 Å². The van der Waals surface area contributed by atoms with E-state index < -0.39 is 16.7 Å². The van der Waals surface area contributed by atoms with Gasteiger partial charge in [-0.15, -0.1) is 11.3 Å². The van der Waals surface area contributed by atoms with Gasteiger partial charge in [0.05, 0.1) is 4.92 Å². The van der Waals surface area contributed by atoms with Crippen LogP contribution >= 0.6 is 11.3 Å². The summed E-state index contributed by atoms with van der Waals surface area (Å²) in [6.07, 6.45) is 5.42. The largest absolute Gasteiger partial charge is 0.347 e. The van der Waals surface area contributed by atoms with Gasteiger partial charge < -0.3 is 10.6 Å². The number of nitro benzene ring substituents is 1. The number of rotatable bonds is 5. The summed E-state index contributed by atoms with van der Waals surface area (Å²) < 4.78 is 0. The van der Waals surface area contributed by atoms with Crippen molar-refractivity contribution < 1.29 is 14.5 Å². The molecule has 2 amide bonds. The number of anilines is 1. The molecule has 0 spiro atoms. The number of aryl methyl sites for hydroxylation is 1. The Balaban J connectivity index is 1.64. The Labute approximate surface area is 167 Å². The Morgan fingerprint density at radius 2 is 1.93 bits per heavy atom. The Bertz CT molecular complexity index is 874. The number of non-ortho nitro benzene ring substituents is 1. The molecule has 0 atom stereocenters. The molecule has 1 aromatic heterocycles. The minimum atomic E-state index is -0.769. The molecule has 2 N–H and O–H groups in total. The number of nitrogens with one attached hydrogen (secondary N) is 2. The summed E-state index contributed by atoms with van der Waals surface area (Å²) in [7, 11) is 0. The van der Waals surface area contributed by atoms with Crippen molar-refractivity contribution in [1.82, 2.24) is 5.32 Å². The predicted octanol–water partition coefficient (Wildman–Crippen LogP) is 3.92. The third kappa shape index (κ3) is 4.39. The number of carbonyl (C=O) groups excluding carboxylic acids is 2. The molecule has 1 aliphatic carbocycles. The van der Waals surface area contributed by atoms with E-state index in [2.05, 4.69) is 16.7 Å². The quantitative estimate of drug-likeness (QED) is 0.450. The summed E-state index contributed by atoms with van der Waals surface area (Å²) in [6.45, 7) is 2.08. The Morgan fingerprint density at radius 3 is 2.54 bits per heavy atom. The van der Waals surface area contributed by atoms with Crippen LogP contribution in [0.3, 0.4) is 0 Å². The normalized spacial score (nSPS) is 15.6. The molecular weight excluding hydrogens is 378 g/mol. The van der Waals surface area contributed by atoms with Crippen molar-refractivity contribution in [3.05, 3.63) is 56.3 Å². The summed E-state index contributed by atoms with van der Waals surface area (Å²) in [5.41, 5.74) is 0.746. The van der Waals surface area contributed by atoms with Gasteiger partial charge in [-0.1, -0.05) is 25.3 Å². The van der Waals surface area contributed by atoms with Gasteiger partial charge in [0.1, 0.15) is 0 Å². The SMILES string of the molecule is Cc1cc([N+](=O)[O-])ccc1NC(=O)C(=O)NCC1(c2cccs2)CCCCC1. The third-order valence-corrected chi connectivity index (χ3v) is 6.43. The lowest BCUT2D eigenvalue weighted by molar-refractivity contribution is -0.384. The van der Waals surface area contributed by atoms with E-state index in [1.165, 1.54) is 29.5 Å². The Morgan fingerprint density at radius 1 is 1.18 bits per heavy atom. The van der Waals surface area contributed by atoms with E-state index in [0.717, 1.165) is 25.7 Å². The molecule has 0 bridgehead atoms. The molecule has 0 unspecified atom stereocenters. The second-order valence-electron chi connectivity index (χ2n) is 7.21. The van der Waals surface area contributed by atoms with Crippen molar-refractivity contribution in [2.75, 3.05) is 11.9 Å². The topological polar surface area (TPSA) is 101 Å². The fourth-order valence-corrected chi connectivity index (χ4v) is 4.72. The van der Waals surface area contributed by atoms with Crippen LogP contribution in [0.2, 0.25) is 0 Å². The van der Waals surface area contributed by atoms with E-state index in [4.69, 9.17) is 0 Å². The fourth-order valence-electron chi connectivity index (χ4n) is 3.73. The molecule has 7 nitrogen and oxygen atoms in total. The maximum absolute atomic E-state index is 12.4. The molecule has 0 radical (unpaired) electrons. The first-order chi connectivity index (χ1) is 13.4. The average molecular weight is 401 g/mol. The minimum absolute atomic E-state index is 0.0601. The summed E-state index contributed by atoms with van der Waals surface area (Å²) in [5, 5.41) is 18.2. The molecule has 8 heteroatoms. The number of carbonyl (C=O) groups is 2. The molecule has 0 aliphatic heterocycles. The molecule has 1 saturated carbocycles. The molecule has 1 aromatic carbocycles. The van der Waals surface area contributed by atoms with Gasteiger partial charge in [-0.25, -0.2) is 0 Å². The molecule has 2 aromatic rings. The van der Waals surface area contributed by atoms with Gasteiger partial charge in [-0.2, -0.15) is 0 Å². The van der Waals surface area contributed by atoms with Crippen LogP contribution in [0.1, 0.15) is 42.5 Å². The second kappa shape index (κ2) is 8.52. The van der Waals surface area contributed by atoms with Crippen molar-refractivity contribution in [1.29, 1.82) is 0 Å². The molecule has 0 saturated heterocycles. The van der Waals surface area contributed by atoms with E-state index in [1.54, 1.807) is 18.3 Å². The highest BCUT2D eigenvalue weighted by atomic mass is 32.1. The zero-order valence-corrected chi connectivity index (χ0v) is 16.5. The number of benzene rings is 1. The second-order valence-corrected chi connectivity index (χ2v) is 8.16. The van der Waals surface area contributed by atoms with E-state index in [-0.39, 0.29) is 11.1 Å². The highest BCUT2D eigenvalue weighted by Crippen LogP contribution is 2.41. The fraction of sp³-hybridized carbons (Fsp3) is 0.400. The van der Waals surface area contributed by atoms with Crippen LogP contribution in [0.4, 0.5) is 11.4 Å². The van der Waals surface area contributed by atoms with Gasteiger partial charge >= 0.3 is 11.8 Å². The first kappa shape index (κ1) is 20.0. The molecule has 1 fully saturated rings. The number of nitro groups is 1. The summed E-state index contributed by atoms with van der Waals surface area (Å²) in [6, 6.07) is 8.22. The van der Waals surface area contributed by atoms with Gasteiger partial charge in [0.15, 0.2) is 0 Å². The molecular formula is C20H23N3O4S. The molecule has 148 valence electrons. The van der Waals surface area contributed by atoms with Crippen molar-refractivity contribution in [3.63, 3.8) is 0 Å². The van der Waals surface area contributed by atoms with E-state index in [1.807, 2.05) is 11.4 Å². The standard InChI is InChI=1S/C20H23N3O4S/c1-14-12-15(23(26)27)7-8-16(14)22-19(25)18(24)21-13-20(9-3-2-4-10-20)17-6-5-11-28-17/h5-8,11-12H,2-4,9-10,13H2,1H3,(H,21,24)(H,22,25). The first-order valence-corrected chi connectivity index (χ1v) is 10.2. The van der Waals surface area contributed by atoms with Gasteiger partial charge in [0, 0.05) is 34.7 Å². The lowest BCUT2D eigenvalue weighted by Gasteiger charge is -2.36. The number of hydrogen-bond donors (Lipinski definition) is 2. The number of thiophene rings is 1. The van der Waals surface area contributed by atoms with Crippen LogP contribution in [-0.4, -0.2) is 23.3 Å². The van der Waals surface area contributed by atoms with Crippen molar-refractivity contribution in [3.8, 4) is 0 Å². The zero-order chi connectivity index (χ0) is 20.1. The monoisotopic (exact) mass is 401 g/mol. The smallest absolute Gasteiger partial charge is 0.313 e. The zero-order valence-electron chi connectivity index (χ0n) is 15.7. The van der Waals surface area contributed by atoms with Crippen LogP contribution in [0.15, 0.2) is 35.7 Å². The van der Waals surface area contributed by atoms with Crippen molar-refractivity contribution in [2.45, 2.75) is 44.4 Å². The summed E-state index contributed by atoms with van der Waals surface area (Å²) in [4.78, 5) is 36.2. The molecule has 3 rings (SSSR count). The van der Waals surface area contributed by atoms with E-state index in [0.29, 0.717) is 17.8 Å². The van der Waals surface area contributed by atoms with Crippen molar-refractivity contribution in [2.24, 2.45) is 0 Å². The van der Waals surface area contributed by atoms with Gasteiger partial charge in [-0.05, 0) is 42.8 Å². The Hall–Kier alpha value is -2.74. The number of nitrogens with zero attached hydrogens (tertiary/aromatic N) is 1. The number of amides is 2. The van der Waals surface area contributed by atoms with E-state index in [9.17, 15) is 19.7 Å². The van der Waals surface area contributed by atoms with Gasteiger partial charge in [0.2, 0.25) is 0 Å². The highest BCUT2D eigenvalue weighted by Gasteiger charge is 2.35. The van der Waals surface area contributed by atoms with Gasteiger partial charge in [-0.3, -0.25) is 19.7 Å². The third-order valence-electron chi connectivity index (χ3n) is 5.32. The summed E-state index contributed by atoms with van der Waals surface area (Å²) >= 11 is 1.69. The molecule has 28 heavy (non-hydrogen) atoms. The van der Waals surface area contributed by atoms with E-state index >= 15 is 0 Å². The van der Waals surface area contributed by atoms with Crippen LogP contribution < -0.4 is 10.6 Å². The van der Waals surface area contributed by atoms with Crippen LogP contribution in [-0.2, 0) is 15.0 Å².